The minimum absolute atomic E-state index is 0.568. The average molecular weight is 213 g/mol. The first-order valence-electron chi connectivity index (χ1n) is 4.90. The number of carbonyl (C=O) groups is 1. The maximum Gasteiger partial charge on any atom is 0.151 e. The molecule has 1 aromatic heterocycles. The van der Waals surface area contributed by atoms with Crippen LogP contribution < -0.4 is 4.74 Å². The number of aromatic nitrogens is 1. The summed E-state index contributed by atoms with van der Waals surface area (Å²) < 4.78 is 5.25. The van der Waals surface area contributed by atoms with Gasteiger partial charge in [-0.2, -0.15) is 0 Å². The number of methoxy groups -OCH3 is 1. The van der Waals surface area contributed by atoms with Gasteiger partial charge in [0.25, 0.3) is 0 Å². The molecule has 0 bridgehead atoms. The molecule has 0 radical (unpaired) electrons. The van der Waals surface area contributed by atoms with E-state index in [4.69, 9.17) is 4.74 Å². The van der Waals surface area contributed by atoms with Crippen molar-refractivity contribution in [1.82, 2.24) is 4.98 Å². The number of para-hydroxylation sites is 1. The lowest BCUT2D eigenvalue weighted by Gasteiger charge is -2.07. The number of ether oxygens (including phenoxy) is 1. The standard InChI is InChI=1S/C13H11NO2/c1-16-13-5-3-2-4-11(13)12-7-6-10(9-15)8-14-12/h2-9H,1H3. The Morgan fingerprint density at radius 1 is 1.19 bits per heavy atom. The molecular weight excluding hydrogens is 202 g/mol. The molecule has 0 amide bonds. The second-order valence-electron chi connectivity index (χ2n) is 3.29. The Kier molecular flexibility index (Phi) is 2.96. The Labute approximate surface area is 93.7 Å². The zero-order valence-corrected chi connectivity index (χ0v) is 8.88. The van der Waals surface area contributed by atoms with Crippen molar-refractivity contribution in [2.75, 3.05) is 7.11 Å². The third-order valence-corrected chi connectivity index (χ3v) is 2.31. The molecule has 0 atom stereocenters. The van der Waals surface area contributed by atoms with Crippen molar-refractivity contribution in [1.29, 1.82) is 0 Å². The number of pyridine rings is 1. The van der Waals surface area contributed by atoms with Gasteiger partial charge in [0.1, 0.15) is 5.75 Å². The molecule has 1 heterocycles. The molecule has 0 saturated heterocycles. The third kappa shape index (κ3) is 1.93. The number of aldehydes is 1. The van der Waals surface area contributed by atoms with E-state index in [1.807, 2.05) is 30.3 Å². The van der Waals surface area contributed by atoms with Crippen LogP contribution in [0, 0.1) is 0 Å². The van der Waals surface area contributed by atoms with Gasteiger partial charge in [0.2, 0.25) is 0 Å². The molecule has 0 fully saturated rings. The molecule has 80 valence electrons. The largest absolute Gasteiger partial charge is 0.496 e. The van der Waals surface area contributed by atoms with Crippen molar-refractivity contribution in [2.45, 2.75) is 0 Å². The minimum Gasteiger partial charge on any atom is -0.496 e. The fourth-order valence-corrected chi connectivity index (χ4v) is 1.49. The van der Waals surface area contributed by atoms with Crippen LogP contribution in [-0.4, -0.2) is 18.4 Å². The van der Waals surface area contributed by atoms with Crippen LogP contribution in [0.2, 0.25) is 0 Å². The highest BCUT2D eigenvalue weighted by atomic mass is 16.5. The zero-order valence-electron chi connectivity index (χ0n) is 8.88. The SMILES string of the molecule is COc1ccccc1-c1ccc(C=O)cn1. The molecular formula is C13H11NO2. The molecule has 0 N–H and O–H groups in total. The first-order valence-corrected chi connectivity index (χ1v) is 4.90. The normalized spacial score (nSPS) is 9.81. The third-order valence-electron chi connectivity index (χ3n) is 2.31. The Morgan fingerprint density at radius 3 is 2.62 bits per heavy atom. The summed E-state index contributed by atoms with van der Waals surface area (Å²) >= 11 is 0. The van der Waals surface area contributed by atoms with Crippen LogP contribution in [0.15, 0.2) is 42.6 Å². The predicted octanol–water partition coefficient (Wildman–Crippen LogP) is 2.57. The van der Waals surface area contributed by atoms with Crippen LogP contribution in [0.25, 0.3) is 11.3 Å². The van der Waals surface area contributed by atoms with Gasteiger partial charge >= 0.3 is 0 Å². The summed E-state index contributed by atoms with van der Waals surface area (Å²) in [5.41, 5.74) is 2.28. The van der Waals surface area contributed by atoms with Gasteiger partial charge in [-0.05, 0) is 24.3 Å². The van der Waals surface area contributed by atoms with Crippen LogP contribution in [0.4, 0.5) is 0 Å². The van der Waals surface area contributed by atoms with E-state index in [1.54, 1.807) is 19.4 Å². The van der Waals surface area contributed by atoms with Gasteiger partial charge < -0.3 is 4.74 Å². The van der Waals surface area contributed by atoms with Gasteiger partial charge in [-0.25, -0.2) is 0 Å². The number of hydrogen-bond acceptors (Lipinski definition) is 3. The lowest BCUT2D eigenvalue weighted by molar-refractivity contribution is 0.112. The van der Waals surface area contributed by atoms with E-state index >= 15 is 0 Å². The van der Waals surface area contributed by atoms with Crippen molar-refractivity contribution in [3.63, 3.8) is 0 Å². The van der Waals surface area contributed by atoms with E-state index in [2.05, 4.69) is 4.98 Å². The molecule has 2 aromatic rings. The summed E-state index contributed by atoms with van der Waals surface area (Å²) in [6.45, 7) is 0. The first-order chi connectivity index (χ1) is 7.85. The van der Waals surface area contributed by atoms with Crippen LogP contribution in [0.3, 0.4) is 0 Å². The average Bonchev–Trinajstić information content (AvgIpc) is 2.39. The molecule has 0 aliphatic rings. The molecule has 0 aliphatic carbocycles. The highest BCUT2D eigenvalue weighted by molar-refractivity contribution is 5.76. The predicted molar refractivity (Wildman–Crippen MR) is 61.6 cm³/mol. The molecule has 0 spiro atoms. The minimum atomic E-state index is 0.568. The molecule has 0 saturated carbocycles. The monoisotopic (exact) mass is 213 g/mol. The van der Waals surface area contributed by atoms with E-state index < -0.39 is 0 Å². The van der Waals surface area contributed by atoms with E-state index in [-0.39, 0.29) is 0 Å². The summed E-state index contributed by atoms with van der Waals surface area (Å²) in [6.07, 6.45) is 2.33. The van der Waals surface area contributed by atoms with Gasteiger partial charge in [-0.15, -0.1) is 0 Å². The number of nitrogens with zero attached hydrogens (tertiary/aromatic N) is 1. The van der Waals surface area contributed by atoms with Crippen molar-refractivity contribution in [2.24, 2.45) is 0 Å². The van der Waals surface area contributed by atoms with Gasteiger partial charge in [0, 0.05) is 17.3 Å². The van der Waals surface area contributed by atoms with Crippen molar-refractivity contribution >= 4 is 6.29 Å². The summed E-state index contributed by atoms with van der Waals surface area (Å²) in [4.78, 5) is 14.7. The summed E-state index contributed by atoms with van der Waals surface area (Å²) in [7, 11) is 1.62. The van der Waals surface area contributed by atoms with E-state index in [0.29, 0.717) is 5.56 Å². The van der Waals surface area contributed by atoms with Crippen LogP contribution in [-0.2, 0) is 0 Å². The maximum atomic E-state index is 10.5. The number of hydrogen-bond donors (Lipinski definition) is 0. The second-order valence-corrected chi connectivity index (χ2v) is 3.29. The van der Waals surface area contributed by atoms with Crippen molar-refractivity contribution < 1.29 is 9.53 Å². The fraction of sp³-hybridized carbons (Fsp3) is 0.0769. The summed E-state index contributed by atoms with van der Waals surface area (Å²) in [5.74, 6) is 0.772. The molecule has 0 aliphatic heterocycles. The fourth-order valence-electron chi connectivity index (χ4n) is 1.49. The Morgan fingerprint density at radius 2 is 2.00 bits per heavy atom. The van der Waals surface area contributed by atoms with E-state index in [0.717, 1.165) is 23.3 Å². The Balaban J connectivity index is 2.45. The number of carbonyl (C=O) groups excluding carboxylic acids is 1. The molecule has 0 unspecified atom stereocenters. The lowest BCUT2D eigenvalue weighted by atomic mass is 10.1. The topological polar surface area (TPSA) is 39.2 Å². The van der Waals surface area contributed by atoms with Crippen molar-refractivity contribution in [3.05, 3.63) is 48.2 Å². The number of benzene rings is 1. The second kappa shape index (κ2) is 4.57. The number of rotatable bonds is 3. The van der Waals surface area contributed by atoms with Gasteiger partial charge in [-0.1, -0.05) is 12.1 Å². The molecule has 16 heavy (non-hydrogen) atoms. The van der Waals surface area contributed by atoms with Gasteiger partial charge in [-0.3, -0.25) is 9.78 Å². The Hall–Kier alpha value is -2.16. The summed E-state index contributed by atoms with van der Waals surface area (Å²) in [6, 6.07) is 11.2. The summed E-state index contributed by atoms with van der Waals surface area (Å²) in [5, 5.41) is 0. The molecule has 2 rings (SSSR count). The lowest BCUT2D eigenvalue weighted by Crippen LogP contribution is -1.90. The highest BCUT2D eigenvalue weighted by Gasteiger charge is 2.05. The van der Waals surface area contributed by atoms with Crippen LogP contribution in [0.5, 0.6) is 5.75 Å². The van der Waals surface area contributed by atoms with Crippen molar-refractivity contribution in [3.8, 4) is 17.0 Å². The molecule has 3 heteroatoms. The van der Waals surface area contributed by atoms with E-state index in [9.17, 15) is 4.79 Å². The van der Waals surface area contributed by atoms with Crippen LogP contribution >= 0.6 is 0 Å². The zero-order chi connectivity index (χ0) is 11.4. The van der Waals surface area contributed by atoms with Gasteiger partial charge in [0.15, 0.2) is 6.29 Å². The van der Waals surface area contributed by atoms with E-state index in [1.165, 1.54) is 0 Å². The van der Waals surface area contributed by atoms with Gasteiger partial charge in [0.05, 0.1) is 12.8 Å². The smallest absolute Gasteiger partial charge is 0.151 e. The quantitative estimate of drug-likeness (QED) is 0.735. The molecule has 3 nitrogen and oxygen atoms in total. The maximum absolute atomic E-state index is 10.5. The molecule has 1 aromatic carbocycles. The van der Waals surface area contributed by atoms with Crippen LogP contribution in [0.1, 0.15) is 10.4 Å². The first kappa shape index (κ1) is 10.4. The Bertz CT molecular complexity index is 492. The highest BCUT2D eigenvalue weighted by Crippen LogP contribution is 2.27.